The molecule has 25 heavy (non-hydrogen) atoms. The number of hydrogen-bond acceptors (Lipinski definition) is 5. The molecule has 0 amide bonds. The van der Waals surface area contributed by atoms with Crippen molar-refractivity contribution in [1.82, 2.24) is 0 Å². The molecule has 0 radical (unpaired) electrons. The zero-order valence-corrected chi connectivity index (χ0v) is 15.5. The van der Waals surface area contributed by atoms with Gasteiger partial charge >= 0.3 is 0 Å². The van der Waals surface area contributed by atoms with Gasteiger partial charge in [0.1, 0.15) is 11.5 Å². The van der Waals surface area contributed by atoms with Gasteiger partial charge in [0.15, 0.2) is 11.6 Å². The van der Waals surface area contributed by atoms with Crippen LogP contribution in [0.5, 0.6) is 11.5 Å². The lowest BCUT2D eigenvalue weighted by atomic mass is 9.84. The molecule has 1 unspecified atom stereocenters. The summed E-state index contributed by atoms with van der Waals surface area (Å²) in [6.45, 7) is 6.60. The van der Waals surface area contributed by atoms with Gasteiger partial charge in [0.25, 0.3) is 0 Å². The fraction of sp³-hybridized carbons (Fsp3) is 0.500. The summed E-state index contributed by atoms with van der Waals surface area (Å²) in [4.78, 5) is 25.9. The number of ether oxygens (including phenoxy) is 3. The first-order valence-corrected chi connectivity index (χ1v) is 8.61. The van der Waals surface area contributed by atoms with E-state index in [2.05, 4.69) is 13.8 Å². The molecule has 0 bridgehead atoms. The molecule has 0 spiro atoms. The van der Waals surface area contributed by atoms with Gasteiger partial charge in [-0.25, -0.2) is 0 Å². The van der Waals surface area contributed by atoms with Crippen molar-refractivity contribution >= 4 is 11.6 Å². The van der Waals surface area contributed by atoms with Crippen molar-refractivity contribution in [3.8, 4) is 11.5 Å². The van der Waals surface area contributed by atoms with E-state index >= 15 is 0 Å². The number of benzene rings is 1. The molecular formula is C20H26O5. The van der Waals surface area contributed by atoms with Crippen LogP contribution >= 0.6 is 0 Å². The van der Waals surface area contributed by atoms with Gasteiger partial charge in [-0.1, -0.05) is 13.8 Å². The molecule has 0 heterocycles. The summed E-state index contributed by atoms with van der Waals surface area (Å²) >= 11 is 0. The fourth-order valence-corrected chi connectivity index (χ4v) is 3.05. The molecule has 2 rings (SSSR count). The quantitative estimate of drug-likeness (QED) is 0.715. The SMILES string of the molecule is CCOC(CCC(C)C)C1=CC(=O)c2c(OC)ccc(OC)c2C1=O. The van der Waals surface area contributed by atoms with Crippen LogP contribution in [0.2, 0.25) is 0 Å². The minimum absolute atomic E-state index is 0.229. The van der Waals surface area contributed by atoms with Gasteiger partial charge in [-0.05, 0) is 43.9 Å². The predicted molar refractivity (Wildman–Crippen MR) is 95.8 cm³/mol. The normalized spacial score (nSPS) is 15.0. The second-order valence-corrected chi connectivity index (χ2v) is 6.43. The van der Waals surface area contributed by atoms with E-state index in [1.165, 1.54) is 20.3 Å². The van der Waals surface area contributed by atoms with Crippen molar-refractivity contribution < 1.29 is 23.8 Å². The van der Waals surface area contributed by atoms with Gasteiger partial charge in [0.05, 0.1) is 31.5 Å². The lowest BCUT2D eigenvalue weighted by Crippen LogP contribution is -2.28. The van der Waals surface area contributed by atoms with Crippen LogP contribution in [0.25, 0.3) is 0 Å². The van der Waals surface area contributed by atoms with E-state index in [-0.39, 0.29) is 22.7 Å². The van der Waals surface area contributed by atoms with Crippen LogP contribution in [0.3, 0.4) is 0 Å². The van der Waals surface area contributed by atoms with Crippen LogP contribution in [-0.2, 0) is 4.74 Å². The Labute approximate surface area is 149 Å². The Balaban J connectivity index is 2.49. The van der Waals surface area contributed by atoms with E-state index < -0.39 is 6.10 Å². The Morgan fingerprint density at radius 2 is 1.56 bits per heavy atom. The van der Waals surface area contributed by atoms with Crippen LogP contribution in [0, 0.1) is 5.92 Å². The molecule has 136 valence electrons. The number of allylic oxidation sites excluding steroid dienone is 1. The average molecular weight is 346 g/mol. The van der Waals surface area contributed by atoms with Crippen LogP contribution in [-0.4, -0.2) is 38.5 Å². The van der Waals surface area contributed by atoms with Gasteiger partial charge in [0, 0.05) is 12.2 Å². The van der Waals surface area contributed by atoms with Crippen molar-refractivity contribution in [3.05, 3.63) is 34.9 Å². The molecule has 1 aliphatic rings. The van der Waals surface area contributed by atoms with Crippen LogP contribution in [0.4, 0.5) is 0 Å². The number of rotatable bonds is 8. The third-order valence-corrected chi connectivity index (χ3v) is 4.31. The molecule has 0 aliphatic heterocycles. The first-order valence-electron chi connectivity index (χ1n) is 8.61. The lowest BCUT2D eigenvalue weighted by Gasteiger charge is -2.25. The summed E-state index contributed by atoms with van der Waals surface area (Å²) in [5, 5.41) is 0. The summed E-state index contributed by atoms with van der Waals surface area (Å²) in [6.07, 6.45) is 2.60. The first kappa shape index (κ1) is 19.2. The van der Waals surface area contributed by atoms with Gasteiger partial charge in [0.2, 0.25) is 0 Å². The fourth-order valence-electron chi connectivity index (χ4n) is 3.05. The van der Waals surface area contributed by atoms with E-state index in [1.807, 2.05) is 6.92 Å². The van der Waals surface area contributed by atoms with Crippen LogP contribution in [0.1, 0.15) is 54.3 Å². The summed E-state index contributed by atoms with van der Waals surface area (Å²) in [5.74, 6) is 0.750. The average Bonchev–Trinajstić information content (AvgIpc) is 2.60. The largest absolute Gasteiger partial charge is 0.496 e. The Hall–Kier alpha value is -2.14. The van der Waals surface area contributed by atoms with Gasteiger partial charge in [-0.3, -0.25) is 9.59 Å². The van der Waals surface area contributed by atoms with Gasteiger partial charge < -0.3 is 14.2 Å². The topological polar surface area (TPSA) is 61.8 Å². The zero-order chi connectivity index (χ0) is 18.6. The summed E-state index contributed by atoms with van der Waals surface area (Å²) in [7, 11) is 2.96. The number of Topliss-reactive ketones (excluding diaryl/α,β-unsaturated/α-hetero) is 1. The molecule has 0 aromatic heterocycles. The highest BCUT2D eigenvalue weighted by Crippen LogP contribution is 2.37. The molecule has 1 atom stereocenters. The second kappa shape index (κ2) is 8.30. The van der Waals surface area contributed by atoms with Crippen molar-refractivity contribution in [2.45, 2.75) is 39.7 Å². The van der Waals surface area contributed by atoms with Crippen molar-refractivity contribution in [2.75, 3.05) is 20.8 Å². The van der Waals surface area contributed by atoms with Crippen LogP contribution in [0.15, 0.2) is 23.8 Å². The predicted octanol–water partition coefficient (Wildman–Crippen LogP) is 3.85. The highest BCUT2D eigenvalue weighted by atomic mass is 16.5. The van der Waals surface area contributed by atoms with E-state index in [0.29, 0.717) is 36.0 Å². The van der Waals surface area contributed by atoms with Crippen molar-refractivity contribution in [1.29, 1.82) is 0 Å². The molecule has 1 aromatic rings. The Bertz CT molecular complexity index is 688. The smallest absolute Gasteiger partial charge is 0.196 e. The maximum atomic E-state index is 13.1. The Kier molecular flexibility index (Phi) is 6.37. The number of hydrogen-bond donors (Lipinski definition) is 0. The third-order valence-electron chi connectivity index (χ3n) is 4.31. The summed E-state index contributed by atoms with van der Waals surface area (Å²) < 4.78 is 16.4. The Morgan fingerprint density at radius 3 is 2.08 bits per heavy atom. The van der Waals surface area contributed by atoms with E-state index in [0.717, 1.165) is 6.42 Å². The summed E-state index contributed by atoms with van der Waals surface area (Å²) in [6, 6.07) is 3.29. The van der Waals surface area contributed by atoms with Gasteiger partial charge in [-0.15, -0.1) is 0 Å². The minimum Gasteiger partial charge on any atom is -0.496 e. The molecule has 0 fully saturated rings. The maximum absolute atomic E-state index is 13.1. The highest BCUT2D eigenvalue weighted by Gasteiger charge is 2.35. The monoisotopic (exact) mass is 346 g/mol. The third kappa shape index (κ3) is 3.93. The number of carbonyl (C=O) groups excluding carboxylic acids is 2. The first-order chi connectivity index (χ1) is 11.9. The molecule has 1 aliphatic carbocycles. The van der Waals surface area contributed by atoms with Crippen molar-refractivity contribution in [2.24, 2.45) is 5.92 Å². The standard InChI is InChI=1S/C20H26O5/c1-6-25-15(8-7-12(2)3)13-11-14(21)18-16(23-4)9-10-17(24-5)19(18)20(13)22/h9-12,15H,6-8H2,1-5H3. The van der Waals surface area contributed by atoms with E-state index in [9.17, 15) is 9.59 Å². The summed E-state index contributed by atoms with van der Waals surface area (Å²) in [5.41, 5.74) is 0.917. The molecule has 0 saturated carbocycles. The van der Waals surface area contributed by atoms with Crippen molar-refractivity contribution in [3.63, 3.8) is 0 Å². The minimum atomic E-state index is -0.395. The highest BCUT2D eigenvalue weighted by molar-refractivity contribution is 6.27. The number of methoxy groups -OCH3 is 2. The van der Waals surface area contributed by atoms with Gasteiger partial charge in [-0.2, -0.15) is 0 Å². The second-order valence-electron chi connectivity index (χ2n) is 6.43. The van der Waals surface area contributed by atoms with Crippen LogP contribution < -0.4 is 9.47 Å². The molecule has 0 N–H and O–H groups in total. The lowest BCUT2D eigenvalue weighted by molar-refractivity contribution is 0.0680. The van der Waals surface area contributed by atoms with E-state index in [4.69, 9.17) is 14.2 Å². The molecular weight excluding hydrogens is 320 g/mol. The Morgan fingerprint density at radius 1 is 0.960 bits per heavy atom. The van der Waals surface area contributed by atoms with E-state index in [1.54, 1.807) is 12.1 Å². The molecule has 1 aromatic carbocycles. The number of fused-ring (bicyclic) bond motifs is 1. The molecule has 5 nitrogen and oxygen atoms in total. The number of carbonyl (C=O) groups is 2. The molecule has 5 heteroatoms. The zero-order valence-electron chi connectivity index (χ0n) is 15.5. The molecule has 0 saturated heterocycles. The number of ketones is 2. The maximum Gasteiger partial charge on any atom is 0.196 e.